The van der Waals surface area contributed by atoms with Crippen LogP contribution in [0, 0.1) is 0 Å². The number of methoxy groups -OCH3 is 2. The second-order valence-corrected chi connectivity index (χ2v) is 6.19. The van der Waals surface area contributed by atoms with Crippen molar-refractivity contribution in [1.82, 2.24) is 0 Å². The second-order valence-electron chi connectivity index (χ2n) is 4.47. The van der Waals surface area contributed by atoms with E-state index >= 15 is 0 Å². The van der Waals surface area contributed by atoms with Crippen LogP contribution in [0.3, 0.4) is 0 Å². The van der Waals surface area contributed by atoms with Gasteiger partial charge in [-0.1, -0.05) is 35.9 Å². The first-order valence-corrected chi connectivity index (χ1v) is 7.97. The van der Waals surface area contributed by atoms with Gasteiger partial charge in [0.1, 0.15) is 16.0 Å². The van der Waals surface area contributed by atoms with Crippen molar-refractivity contribution in [3.8, 4) is 11.5 Å². The predicted octanol–water partition coefficient (Wildman–Crippen LogP) is 5.64. The Balaban J connectivity index is 2.33. The van der Waals surface area contributed by atoms with Crippen LogP contribution in [0.15, 0.2) is 40.9 Å². The number of alkyl halides is 1. The first kappa shape index (κ1) is 16.5. The van der Waals surface area contributed by atoms with Gasteiger partial charge in [-0.2, -0.15) is 0 Å². The summed E-state index contributed by atoms with van der Waals surface area (Å²) in [4.78, 5) is 0. The van der Waals surface area contributed by atoms with Crippen molar-refractivity contribution < 1.29 is 9.47 Å². The molecular weight excluding hydrogens is 375 g/mol. The van der Waals surface area contributed by atoms with Crippen molar-refractivity contribution >= 4 is 39.1 Å². The lowest BCUT2D eigenvalue weighted by Gasteiger charge is -2.17. The zero-order valence-electron chi connectivity index (χ0n) is 11.7. The Morgan fingerprint density at radius 3 is 2.43 bits per heavy atom. The molecule has 0 radical (unpaired) electrons. The van der Waals surface area contributed by atoms with Crippen LogP contribution in [0.25, 0.3) is 0 Å². The van der Waals surface area contributed by atoms with Gasteiger partial charge in [0.15, 0.2) is 0 Å². The predicted molar refractivity (Wildman–Crippen MR) is 91.0 cm³/mol. The van der Waals surface area contributed by atoms with E-state index in [0.29, 0.717) is 17.9 Å². The van der Waals surface area contributed by atoms with Crippen molar-refractivity contribution in [2.45, 2.75) is 11.8 Å². The quantitative estimate of drug-likeness (QED) is 0.615. The molecule has 0 bridgehead atoms. The zero-order chi connectivity index (χ0) is 15.4. The number of hydrogen-bond acceptors (Lipinski definition) is 2. The Morgan fingerprint density at radius 2 is 1.81 bits per heavy atom. The average Bonchev–Trinajstić information content (AvgIpc) is 2.49. The highest BCUT2D eigenvalue weighted by Crippen LogP contribution is 2.42. The fourth-order valence-corrected chi connectivity index (χ4v) is 3.37. The van der Waals surface area contributed by atoms with E-state index in [9.17, 15) is 0 Å². The van der Waals surface area contributed by atoms with E-state index < -0.39 is 0 Å². The molecule has 2 rings (SSSR count). The summed E-state index contributed by atoms with van der Waals surface area (Å²) in [7, 11) is 3.23. The molecule has 5 heteroatoms. The maximum absolute atomic E-state index is 6.56. The largest absolute Gasteiger partial charge is 0.495 e. The number of benzene rings is 2. The lowest BCUT2D eigenvalue weighted by molar-refractivity contribution is 0.386. The summed E-state index contributed by atoms with van der Waals surface area (Å²) in [5, 5.41) is 0.469. The molecule has 2 aromatic carbocycles. The molecule has 2 nitrogen and oxygen atoms in total. The molecule has 0 saturated heterocycles. The van der Waals surface area contributed by atoms with Gasteiger partial charge in [-0.25, -0.2) is 0 Å². The van der Waals surface area contributed by atoms with Gasteiger partial charge in [0.2, 0.25) is 0 Å². The molecule has 2 aromatic rings. The number of halogens is 3. The van der Waals surface area contributed by atoms with Crippen LogP contribution in [-0.2, 0) is 6.42 Å². The Labute approximate surface area is 143 Å². The lowest BCUT2D eigenvalue weighted by Crippen LogP contribution is -2.01. The number of hydrogen-bond donors (Lipinski definition) is 0. The molecule has 0 aliphatic carbocycles. The van der Waals surface area contributed by atoms with Gasteiger partial charge in [-0.15, -0.1) is 11.6 Å². The monoisotopic (exact) mass is 388 g/mol. The molecule has 0 amide bonds. The summed E-state index contributed by atoms with van der Waals surface area (Å²) in [6, 6.07) is 11.5. The first-order chi connectivity index (χ1) is 10.1. The Kier molecular flexibility index (Phi) is 5.80. The van der Waals surface area contributed by atoms with Crippen LogP contribution in [-0.4, -0.2) is 14.2 Å². The molecule has 0 N–H and O–H groups in total. The maximum Gasteiger partial charge on any atom is 0.141 e. The molecule has 0 heterocycles. The van der Waals surface area contributed by atoms with Crippen LogP contribution in [0.2, 0.25) is 5.02 Å². The van der Waals surface area contributed by atoms with E-state index in [2.05, 4.69) is 15.9 Å². The summed E-state index contributed by atoms with van der Waals surface area (Å²) >= 11 is 16.2. The van der Waals surface area contributed by atoms with E-state index in [1.807, 2.05) is 36.4 Å². The topological polar surface area (TPSA) is 18.5 Å². The van der Waals surface area contributed by atoms with Crippen LogP contribution in [0.4, 0.5) is 0 Å². The van der Waals surface area contributed by atoms with E-state index in [4.69, 9.17) is 32.7 Å². The summed E-state index contributed by atoms with van der Waals surface area (Å²) in [5.41, 5.74) is 1.90. The van der Waals surface area contributed by atoms with E-state index in [1.165, 1.54) is 0 Å². The molecule has 0 aliphatic heterocycles. The van der Waals surface area contributed by atoms with Crippen molar-refractivity contribution in [1.29, 1.82) is 0 Å². The average molecular weight is 390 g/mol. The van der Waals surface area contributed by atoms with E-state index in [0.717, 1.165) is 20.6 Å². The number of ether oxygens (including phenoxy) is 2. The van der Waals surface area contributed by atoms with Crippen molar-refractivity contribution in [3.63, 3.8) is 0 Å². The summed E-state index contributed by atoms with van der Waals surface area (Å²) in [6.07, 6.45) is 0.621. The van der Waals surface area contributed by atoms with Crippen molar-refractivity contribution in [2.24, 2.45) is 0 Å². The van der Waals surface area contributed by atoms with Gasteiger partial charge in [-0.3, -0.25) is 0 Å². The Bertz CT molecular complexity index is 632. The lowest BCUT2D eigenvalue weighted by atomic mass is 10.0. The molecule has 1 atom stereocenters. The fourth-order valence-electron chi connectivity index (χ4n) is 2.13. The van der Waals surface area contributed by atoms with Gasteiger partial charge < -0.3 is 9.47 Å². The highest BCUT2D eigenvalue weighted by molar-refractivity contribution is 9.10. The van der Waals surface area contributed by atoms with E-state index in [1.54, 1.807) is 14.2 Å². The van der Waals surface area contributed by atoms with Gasteiger partial charge in [0.25, 0.3) is 0 Å². The van der Waals surface area contributed by atoms with Gasteiger partial charge in [-0.05, 0) is 40.0 Å². The Morgan fingerprint density at radius 1 is 1.10 bits per heavy atom. The number of rotatable bonds is 5. The van der Waals surface area contributed by atoms with Gasteiger partial charge >= 0.3 is 0 Å². The SMILES string of the molecule is COc1ccc(C(Cl)Cc2ccccc2Cl)c(OC)c1Br. The third-order valence-corrected chi connectivity index (χ3v) is 4.72. The fraction of sp³-hybridized carbons (Fsp3) is 0.250. The third-order valence-electron chi connectivity index (χ3n) is 3.21. The van der Waals surface area contributed by atoms with Crippen LogP contribution in [0.1, 0.15) is 16.5 Å². The summed E-state index contributed by atoms with van der Waals surface area (Å²) < 4.78 is 11.5. The zero-order valence-corrected chi connectivity index (χ0v) is 14.8. The van der Waals surface area contributed by atoms with E-state index in [-0.39, 0.29) is 5.38 Å². The smallest absolute Gasteiger partial charge is 0.141 e. The molecule has 0 aliphatic rings. The molecule has 112 valence electrons. The molecule has 0 aromatic heterocycles. The third kappa shape index (κ3) is 3.65. The van der Waals surface area contributed by atoms with Gasteiger partial charge in [0.05, 0.1) is 19.6 Å². The molecular formula is C16H15BrCl2O2. The maximum atomic E-state index is 6.56. The van der Waals surface area contributed by atoms with Crippen LogP contribution in [0.5, 0.6) is 11.5 Å². The molecule has 0 spiro atoms. The highest BCUT2D eigenvalue weighted by Gasteiger charge is 2.19. The second kappa shape index (κ2) is 7.39. The normalized spacial score (nSPS) is 12.0. The van der Waals surface area contributed by atoms with Gasteiger partial charge in [0, 0.05) is 10.6 Å². The van der Waals surface area contributed by atoms with Crippen molar-refractivity contribution in [2.75, 3.05) is 14.2 Å². The minimum absolute atomic E-state index is 0.248. The molecule has 0 saturated carbocycles. The summed E-state index contributed by atoms with van der Waals surface area (Å²) in [6.45, 7) is 0. The molecule has 0 fully saturated rings. The van der Waals surface area contributed by atoms with Crippen molar-refractivity contribution in [3.05, 3.63) is 57.0 Å². The van der Waals surface area contributed by atoms with Crippen LogP contribution >= 0.6 is 39.1 Å². The minimum Gasteiger partial charge on any atom is -0.495 e. The molecule has 21 heavy (non-hydrogen) atoms. The Hall–Kier alpha value is -0.900. The minimum atomic E-state index is -0.248. The molecule has 1 unspecified atom stereocenters. The summed E-state index contributed by atoms with van der Waals surface area (Å²) in [5.74, 6) is 1.39. The standard InChI is InChI=1S/C16H15BrCl2O2/c1-20-14-8-7-11(16(21-2)15(14)17)13(19)9-10-5-3-4-6-12(10)18/h3-8,13H,9H2,1-2H3. The highest BCUT2D eigenvalue weighted by atomic mass is 79.9. The van der Waals surface area contributed by atoms with Crippen LogP contribution < -0.4 is 9.47 Å². The first-order valence-electron chi connectivity index (χ1n) is 6.36.